The van der Waals surface area contributed by atoms with Crippen molar-refractivity contribution < 1.29 is 19.5 Å². The minimum absolute atomic E-state index is 0.00386. The van der Waals surface area contributed by atoms with Crippen LogP contribution < -0.4 is 5.32 Å². The molecular formula is C11H20N4O4. The first-order chi connectivity index (χ1) is 8.93. The van der Waals surface area contributed by atoms with Gasteiger partial charge in [0.05, 0.1) is 6.54 Å². The quantitative estimate of drug-likeness (QED) is 0.649. The highest BCUT2D eigenvalue weighted by Gasteiger charge is 2.24. The fraction of sp³-hybridized carbons (Fsp3) is 0.727. The minimum atomic E-state index is -0.864. The molecule has 8 heteroatoms. The lowest BCUT2D eigenvalue weighted by molar-refractivity contribution is -0.138. The lowest BCUT2D eigenvalue weighted by Gasteiger charge is -2.35. The van der Waals surface area contributed by atoms with Crippen LogP contribution in [-0.4, -0.2) is 91.1 Å². The number of urea groups is 1. The summed E-state index contributed by atoms with van der Waals surface area (Å²) in [6.45, 7) is 2.03. The zero-order chi connectivity index (χ0) is 14.4. The number of carboxylic acids is 1. The van der Waals surface area contributed by atoms with Crippen LogP contribution in [0.1, 0.15) is 0 Å². The van der Waals surface area contributed by atoms with Crippen LogP contribution in [0, 0.1) is 0 Å². The van der Waals surface area contributed by atoms with Gasteiger partial charge < -0.3 is 20.2 Å². The maximum atomic E-state index is 12.0. The maximum absolute atomic E-state index is 12.0. The molecule has 1 rings (SSSR count). The molecule has 0 aromatic carbocycles. The Hall–Kier alpha value is -1.83. The van der Waals surface area contributed by atoms with Gasteiger partial charge in [-0.15, -0.1) is 0 Å². The maximum Gasteiger partial charge on any atom is 0.320 e. The lowest BCUT2D eigenvalue weighted by atomic mass is 10.3. The lowest BCUT2D eigenvalue weighted by Crippen LogP contribution is -2.53. The van der Waals surface area contributed by atoms with Gasteiger partial charge in [0.15, 0.2) is 0 Å². The first kappa shape index (κ1) is 15.2. The van der Waals surface area contributed by atoms with Gasteiger partial charge in [-0.25, -0.2) is 4.79 Å². The fourth-order valence-electron chi connectivity index (χ4n) is 1.89. The SMILES string of the molecule is CNC(=O)CN(C)C(=O)N1CCN(CC(=O)O)CC1. The number of amides is 3. The Kier molecular flexibility index (Phi) is 5.56. The summed E-state index contributed by atoms with van der Waals surface area (Å²) in [4.78, 5) is 38.5. The van der Waals surface area contributed by atoms with Crippen molar-refractivity contribution >= 4 is 17.9 Å². The molecule has 3 amide bonds. The second kappa shape index (κ2) is 6.93. The number of carbonyl (C=O) groups excluding carboxylic acids is 2. The number of rotatable bonds is 4. The Morgan fingerprint density at radius 1 is 1.21 bits per heavy atom. The molecule has 0 bridgehead atoms. The molecule has 0 radical (unpaired) electrons. The first-order valence-corrected chi connectivity index (χ1v) is 6.08. The summed E-state index contributed by atoms with van der Waals surface area (Å²) in [6, 6.07) is -0.210. The molecule has 0 spiro atoms. The smallest absolute Gasteiger partial charge is 0.320 e. The average Bonchev–Trinajstić information content (AvgIpc) is 2.37. The molecule has 0 saturated carbocycles. The van der Waals surface area contributed by atoms with Crippen LogP contribution in [0.2, 0.25) is 0 Å². The molecule has 1 fully saturated rings. The summed E-state index contributed by atoms with van der Waals surface area (Å²) in [7, 11) is 3.09. The van der Waals surface area contributed by atoms with E-state index < -0.39 is 5.97 Å². The van der Waals surface area contributed by atoms with Gasteiger partial charge in [-0.3, -0.25) is 14.5 Å². The largest absolute Gasteiger partial charge is 0.480 e. The van der Waals surface area contributed by atoms with Crippen molar-refractivity contribution in [1.29, 1.82) is 0 Å². The van der Waals surface area contributed by atoms with E-state index in [1.807, 2.05) is 0 Å². The number of nitrogens with zero attached hydrogens (tertiary/aromatic N) is 3. The Morgan fingerprint density at radius 2 is 1.79 bits per heavy atom. The molecule has 0 atom stereocenters. The zero-order valence-electron chi connectivity index (χ0n) is 11.3. The summed E-state index contributed by atoms with van der Waals surface area (Å²) in [5.74, 6) is -1.09. The molecule has 0 aliphatic carbocycles. The van der Waals surface area contributed by atoms with E-state index in [1.165, 1.54) is 11.9 Å². The highest BCUT2D eigenvalue weighted by molar-refractivity contribution is 5.83. The van der Waals surface area contributed by atoms with Crippen molar-refractivity contribution in [3.05, 3.63) is 0 Å². The molecule has 1 aliphatic rings. The highest BCUT2D eigenvalue weighted by Crippen LogP contribution is 2.04. The monoisotopic (exact) mass is 272 g/mol. The number of hydrogen-bond acceptors (Lipinski definition) is 4. The van der Waals surface area contributed by atoms with Crippen molar-refractivity contribution in [2.24, 2.45) is 0 Å². The van der Waals surface area contributed by atoms with Crippen LogP contribution in [0.3, 0.4) is 0 Å². The van der Waals surface area contributed by atoms with Gasteiger partial charge in [-0.1, -0.05) is 0 Å². The van der Waals surface area contributed by atoms with E-state index in [4.69, 9.17) is 5.11 Å². The second-order valence-corrected chi connectivity index (χ2v) is 4.47. The van der Waals surface area contributed by atoms with E-state index in [-0.39, 0.29) is 25.0 Å². The van der Waals surface area contributed by atoms with Crippen molar-refractivity contribution in [2.75, 3.05) is 53.4 Å². The third-order valence-electron chi connectivity index (χ3n) is 2.99. The molecule has 0 unspecified atom stereocenters. The summed E-state index contributed by atoms with van der Waals surface area (Å²) in [5.41, 5.74) is 0. The molecule has 19 heavy (non-hydrogen) atoms. The molecule has 1 aliphatic heterocycles. The molecule has 2 N–H and O–H groups in total. The number of carbonyl (C=O) groups is 3. The topological polar surface area (TPSA) is 93.2 Å². The van der Waals surface area contributed by atoms with Gasteiger partial charge in [-0.05, 0) is 0 Å². The number of hydrogen-bond donors (Lipinski definition) is 2. The standard InChI is InChI=1S/C11H20N4O4/c1-12-9(16)7-13(2)11(19)15-5-3-14(4-6-15)8-10(17)18/h3-8H2,1-2H3,(H,12,16)(H,17,18). The number of aliphatic carboxylic acids is 1. The average molecular weight is 272 g/mol. The molecule has 8 nitrogen and oxygen atoms in total. The molecule has 1 heterocycles. The number of carboxylic acid groups (broad SMARTS) is 1. The van der Waals surface area contributed by atoms with Gasteiger partial charge in [0, 0.05) is 40.3 Å². The molecule has 108 valence electrons. The summed E-state index contributed by atoms with van der Waals surface area (Å²) in [6.07, 6.45) is 0. The van der Waals surface area contributed by atoms with Crippen LogP contribution in [0.5, 0.6) is 0 Å². The normalized spacial score (nSPS) is 16.0. The van der Waals surface area contributed by atoms with E-state index in [0.29, 0.717) is 26.2 Å². The van der Waals surface area contributed by atoms with E-state index in [0.717, 1.165) is 0 Å². The van der Waals surface area contributed by atoms with Crippen molar-refractivity contribution in [3.63, 3.8) is 0 Å². The van der Waals surface area contributed by atoms with Crippen LogP contribution >= 0.6 is 0 Å². The van der Waals surface area contributed by atoms with E-state index in [1.54, 1.807) is 16.8 Å². The van der Waals surface area contributed by atoms with Crippen molar-refractivity contribution in [1.82, 2.24) is 20.0 Å². The summed E-state index contributed by atoms with van der Waals surface area (Å²) < 4.78 is 0. The predicted octanol–water partition coefficient (Wildman–Crippen LogP) is -1.51. The number of piperazine rings is 1. The van der Waals surface area contributed by atoms with Crippen LogP contribution in [0.15, 0.2) is 0 Å². The zero-order valence-corrected chi connectivity index (χ0v) is 11.3. The van der Waals surface area contributed by atoms with Gasteiger partial charge in [0.2, 0.25) is 5.91 Å². The van der Waals surface area contributed by atoms with Crippen molar-refractivity contribution in [2.45, 2.75) is 0 Å². The van der Waals surface area contributed by atoms with E-state index >= 15 is 0 Å². The first-order valence-electron chi connectivity index (χ1n) is 6.08. The third-order valence-corrected chi connectivity index (χ3v) is 2.99. The predicted molar refractivity (Wildman–Crippen MR) is 67.7 cm³/mol. The number of likely N-dealkylation sites (N-methyl/N-ethyl adjacent to an activating group) is 2. The Morgan fingerprint density at radius 3 is 2.26 bits per heavy atom. The van der Waals surface area contributed by atoms with Gasteiger partial charge in [0.1, 0.15) is 6.54 Å². The van der Waals surface area contributed by atoms with Crippen LogP contribution in [-0.2, 0) is 9.59 Å². The Balaban J connectivity index is 2.40. The van der Waals surface area contributed by atoms with Crippen molar-refractivity contribution in [3.8, 4) is 0 Å². The molecule has 0 aromatic heterocycles. The summed E-state index contributed by atoms with van der Waals surface area (Å²) in [5, 5.41) is 11.1. The van der Waals surface area contributed by atoms with Gasteiger partial charge >= 0.3 is 12.0 Å². The minimum Gasteiger partial charge on any atom is -0.480 e. The van der Waals surface area contributed by atoms with Gasteiger partial charge in [0.25, 0.3) is 0 Å². The Labute approximate surface area is 111 Å². The van der Waals surface area contributed by atoms with E-state index in [9.17, 15) is 14.4 Å². The highest BCUT2D eigenvalue weighted by atomic mass is 16.4. The molecule has 1 saturated heterocycles. The second-order valence-electron chi connectivity index (χ2n) is 4.47. The Bertz CT molecular complexity index is 353. The molecule has 0 aromatic rings. The van der Waals surface area contributed by atoms with Crippen LogP contribution in [0.25, 0.3) is 0 Å². The number of nitrogens with one attached hydrogen (secondary N) is 1. The van der Waals surface area contributed by atoms with Crippen LogP contribution in [0.4, 0.5) is 4.79 Å². The fourth-order valence-corrected chi connectivity index (χ4v) is 1.89. The summed E-state index contributed by atoms with van der Waals surface area (Å²) >= 11 is 0. The third kappa shape index (κ3) is 4.74. The molecular weight excluding hydrogens is 252 g/mol. The van der Waals surface area contributed by atoms with Gasteiger partial charge in [-0.2, -0.15) is 0 Å². The van der Waals surface area contributed by atoms with E-state index in [2.05, 4.69) is 5.32 Å².